The van der Waals surface area contributed by atoms with Gasteiger partial charge in [-0.1, -0.05) is 96.9 Å². The topological polar surface area (TPSA) is 96.0 Å². The van der Waals surface area contributed by atoms with E-state index < -0.39 is 28.5 Å². The Balaban J connectivity index is 1.67. The Bertz CT molecular complexity index is 1740. The van der Waals surface area contributed by atoms with Crippen LogP contribution in [-0.2, 0) is 39.2 Å². The molecule has 0 bridgehead atoms. The molecule has 4 aromatic carbocycles. The molecular weight excluding hydrogens is 657 g/mol. The van der Waals surface area contributed by atoms with E-state index >= 15 is 0 Å². The van der Waals surface area contributed by atoms with E-state index in [9.17, 15) is 18.0 Å². The van der Waals surface area contributed by atoms with Crippen LogP contribution in [0.2, 0.25) is 10.0 Å². The van der Waals surface area contributed by atoms with Crippen molar-refractivity contribution in [1.29, 1.82) is 0 Å². The zero-order chi connectivity index (χ0) is 34.0. The highest BCUT2D eigenvalue weighted by Gasteiger charge is 2.33. The summed E-state index contributed by atoms with van der Waals surface area (Å²) in [6.07, 6.45) is 1.93. The fourth-order valence-electron chi connectivity index (χ4n) is 4.89. The number of amides is 2. The first-order chi connectivity index (χ1) is 22.4. The maximum Gasteiger partial charge on any atom is 0.244 e. The minimum absolute atomic E-state index is 0.0515. The van der Waals surface area contributed by atoms with Gasteiger partial charge < -0.3 is 15.0 Å². The first-order valence-electron chi connectivity index (χ1n) is 15.3. The molecule has 0 aromatic heterocycles. The van der Waals surface area contributed by atoms with Gasteiger partial charge in [0, 0.05) is 29.1 Å². The number of halogens is 2. The molecule has 0 spiro atoms. The molecule has 8 nitrogen and oxygen atoms in total. The molecule has 0 fully saturated rings. The number of hydrogen-bond acceptors (Lipinski definition) is 5. The zero-order valence-corrected chi connectivity index (χ0v) is 28.9. The van der Waals surface area contributed by atoms with Crippen LogP contribution >= 0.6 is 23.2 Å². The summed E-state index contributed by atoms with van der Waals surface area (Å²) in [5.41, 5.74) is 2.66. The number of nitrogens with one attached hydrogen (secondary N) is 1. The molecule has 0 unspecified atom stereocenters. The summed E-state index contributed by atoms with van der Waals surface area (Å²) in [6, 6.07) is 29.3. The van der Waals surface area contributed by atoms with Crippen LogP contribution in [0.4, 0.5) is 5.69 Å². The van der Waals surface area contributed by atoms with Gasteiger partial charge in [-0.15, -0.1) is 0 Å². The van der Waals surface area contributed by atoms with Crippen LogP contribution in [0.15, 0.2) is 103 Å². The van der Waals surface area contributed by atoms with Crippen molar-refractivity contribution in [2.24, 2.45) is 0 Å². The fourth-order valence-corrected chi connectivity index (χ4v) is 6.21. The number of hydrogen-bond donors (Lipinski definition) is 1. The van der Waals surface area contributed by atoms with E-state index in [1.54, 1.807) is 42.5 Å². The Labute approximate surface area is 287 Å². The second-order valence-corrected chi connectivity index (χ2v) is 14.1. The Morgan fingerprint density at radius 3 is 2.06 bits per heavy atom. The van der Waals surface area contributed by atoms with Crippen LogP contribution in [0.5, 0.6) is 5.75 Å². The predicted molar refractivity (Wildman–Crippen MR) is 188 cm³/mol. The minimum atomic E-state index is -3.93. The Morgan fingerprint density at radius 2 is 1.49 bits per heavy atom. The Morgan fingerprint density at radius 1 is 0.872 bits per heavy atom. The third-order valence-corrected chi connectivity index (χ3v) is 9.41. The summed E-state index contributed by atoms with van der Waals surface area (Å²) >= 11 is 12.7. The highest BCUT2D eigenvalue weighted by Crippen LogP contribution is 2.26. The van der Waals surface area contributed by atoms with Crippen molar-refractivity contribution >= 4 is 50.7 Å². The van der Waals surface area contributed by atoms with Crippen molar-refractivity contribution in [3.63, 3.8) is 0 Å². The third kappa shape index (κ3) is 10.5. The average molecular weight is 697 g/mol. The standard InChI is InChI=1S/C36H39Cl2N3O5S/c1-4-26(2)39-36(43)34(21-27-11-7-5-8-12-27)40(23-29-15-16-30(37)22-33(29)38)35(42)24-41(47(3,44)45)31-17-19-32(20-18-31)46-25-28-13-9-6-10-14-28/h5-20,22,26,34H,4,21,23-25H2,1-3H3,(H,39,43)/t26-,34+/m1/s1. The Kier molecular flexibility index (Phi) is 12.7. The smallest absolute Gasteiger partial charge is 0.244 e. The van der Waals surface area contributed by atoms with Gasteiger partial charge in [-0.05, 0) is 66.4 Å². The molecule has 0 saturated carbocycles. The lowest BCUT2D eigenvalue weighted by Gasteiger charge is -2.34. The maximum atomic E-state index is 14.3. The molecular formula is C36H39Cl2N3O5S. The minimum Gasteiger partial charge on any atom is -0.489 e. The molecule has 2 amide bonds. The fraction of sp³-hybridized carbons (Fsp3) is 0.278. The number of ether oxygens (including phenoxy) is 1. The van der Waals surface area contributed by atoms with Crippen LogP contribution in [0.25, 0.3) is 0 Å². The van der Waals surface area contributed by atoms with Crippen molar-refractivity contribution in [3.05, 3.63) is 130 Å². The monoisotopic (exact) mass is 695 g/mol. The predicted octanol–water partition coefficient (Wildman–Crippen LogP) is 6.89. The van der Waals surface area contributed by atoms with Gasteiger partial charge in [-0.2, -0.15) is 0 Å². The zero-order valence-electron chi connectivity index (χ0n) is 26.6. The maximum absolute atomic E-state index is 14.3. The normalized spacial score (nSPS) is 12.5. The number of anilines is 1. The van der Waals surface area contributed by atoms with Crippen LogP contribution in [0.1, 0.15) is 37.0 Å². The van der Waals surface area contributed by atoms with E-state index in [2.05, 4.69) is 5.32 Å². The molecule has 0 radical (unpaired) electrons. The molecule has 0 aliphatic rings. The van der Waals surface area contributed by atoms with Crippen molar-refractivity contribution in [1.82, 2.24) is 10.2 Å². The second-order valence-electron chi connectivity index (χ2n) is 11.3. The summed E-state index contributed by atoms with van der Waals surface area (Å²) in [4.78, 5) is 29.6. The summed E-state index contributed by atoms with van der Waals surface area (Å²) in [5, 5.41) is 3.75. The van der Waals surface area contributed by atoms with Crippen LogP contribution < -0.4 is 14.4 Å². The lowest BCUT2D eigenvalue weighted by Crippen LogP contribution is -2.54. The van der Waals surface area contributed by atoms with Crippen LogP contribution in [0.3, 0.4) is 0 Å². The lowest BCUT2D eigenvalue weighted by atomic mass is 10.0. The van der Waals surface area contributed by atoms with Gasteiger partial charge >= 0.3 is 0 Å². The van der Waals surface area contributed by atoms with Crippen molar-refractivity contribution in [2.45, 2.75) is 51.9 Å². The first kappa shape index (κ1) is 35.8. The lowest BCUT2D eigenvalue weighted by molar-refractivity contribution is -0.140. The van der Waals surface area contributed by atoms with Gasteiger partial charge in [0.15, 0.2) is 0 Å². The number of carbonyl (C=O) groups is 2. The van der Waals surface area contributed by atoms with E-state index in [1.165, 1.54) is 4.90 Å². The van der Waals surface area contributed by atoms with E-state index in [0.717, 1.165) is 21.7 Å². The van der Waals surface area contributed by atoms with Gasteiger partial charge in [0.1, 0.15) is 24.9 Å². The number of carbonyl (C=O) groups excluding carboxylic acids is 2. The van der Waals surface area contributed by atoms with Gasteiger partial charge in [-0.25, -0.2) is 8.42 Å². The molecule has 2 atom stereocenters. The molecule has 248 valence electrons. The van der Waals surface area contributed by atoms with Gasteiger partial charge in [0.25, 0.3) is 0 Å². The number of benzene rings is 4. The van der Waals surface area contributed by atoms with E-state index in [0.29, 0.717) is 34.4 Å². The average Bonchev–Trinajstić information content (AvgIpc) is 3.05. The molecule has 0 aliphatic carbocycles. The molecule has 0 aliphatic heterocycles. The molecule has 0 heterocycles. The van der Waals surface area contributed by atoms with Gasteiger partial charge in [0.05, 0.1) is 11.9 Å². The molecule has 4 aromatic rings. The quantitative estimate of drug-likeness (QED) is 0.146. The molecule has 11 heteroatoms. The number of sulfonamides is 1. The largest absolute Gasteiger partial charge is 0.489 e. The second kappa shape index (κ2) is 16.7. The molecule has 4 rings (SSSR count). The molecule has 47 heavy (non-hydrogen) atoms. The summed E-state index contributed by atoms with van der Waals surface area (Å²) in [6.45, 7) is 3.59. The van der Waals surface area contributed by atoms with E-state index in [-0.39, 0.29) is 30.6 Å². The summed E-state index contributed by atoms with van der Waals surface area (Å²) < 4.78 is 33.1. The van der Waals surface area contributed by atoms with Crippen LogP contribution in [0, 0.1) is 0 Å². The van der Waals surface area contributed by atoms with Gasteiger partial charge in [0.2, 0.25) is 21.8 Å². The highest BCUT2D eigenvalue weighted by molar-refractivity contribution is 7.92. The van der Waals surface area contributed by atoms with Crippen molar-refractivity contribution in [3.8, 4) is 5.75 Å². The SMILES string of the molecule is CC[C@@H](C)NC(=O)[C@H](Cc1ccccc1)N(Cc1ccc(Cl)cc1Cl)C(=O)CN(c1ccc(OCc2ccccc2)cc1)S(C)(=O)=O. The van der Waals surface area contributed by atoms with Crippen LogP contribution in [-0.4, -0.2) is 50.0 Å². The number of rotatable bonds is 15. The van der Waals surface area contributed by atoms with E-state index in [4.69, 9.17) is 27.9 Å². The Hall–Kier alpha value is -4.05. The molecule has 1 N–H and O–H groups in total. The third-order valence-electron chi connectivity index (χ3n) is 7.68. The number of nitrogens with zero attached hydrogens (tertiary/aromatic N) is 2. The van der Waals surface area contributed by atoms with Crippen molar-refractivity contribution < 1.29 is 22.7 Å². The van der Waals surface area contributed by atoms with Gasteiger partial charge in [-0.3, -0.25) is 13.9 Å². The van der Waals surface area contributed by atoms with E-state index in [1.807, 2.05) is 74.5 Å². The summed E-state index contributed by atoms with van der Waals surface area (Å²) in [5.74, 6) is -0.389. The van der Waals surface area contributed by atoms with Crippen molar-refractivity contribution in [2.75, 3.05) is 17.1 Å². The summed E-state index contributed by atoms with van der Waals surface area (Å²) in [7, 11) is -3.93. The highest BCUT2D eigenvalue weighted by atomic mass is 35.5. The molecule has 0 saturated heterocycles. The first-order valence-corrected chi connectivity index (χ1v) is 17.9.